The fourth-order valence-corrected chi connectivity index (χ4v) is 2.15. The van der Waals surface area contributed by atoms with Crippen molar-refractivity contribution in [2.45, 2.75) is 19.3 Å². The molecule has 18 heavy (non-hydrogen) atoms. The van der Waals surface area contributed by atoms with Crippen molar-refractivity contribution in [3.05, 3.63) is 40.4 Å². The summed E-state index contributed by atoms with van der Waals surface area (Å²) in [7, 11) is 1.60. The maximum atomic E-state index is 11.1. The number of dihydropyridines is 1. The van der Waals surface area contributed by atoms with Crippen molar-refractivity contribution in [3.63, 3.8) is 0 Å². The average Bonchev–Trinajstić information content (AvgIpc) is 2.37. The van der Waals surface area contributed by atoms with Crippen LogP contribution in [0.4, 0.5) is 0 Å². The van der Waals surface area contributed by atoms with Crippen LogP contribution in [0.1, 0.15) is 18.4 Å². The Morgan fingerprint density at radius 3 is 2.89 bits per heavy atom. The minimum atomic E-state index is -0.0692. The van der Waals surface area contributed by atoms with Crippen molar-refractivity contribution in [1.82, 2.24) is 0 Å². The molecular weight excluding hydrogens is 250 g/mol. The van der Waals surface area contributed by atoms with Gasteiger partial charge in [0.05, 0.1) is 18.6 Å². The number of nitrogens with zero attached hydrogens (tertiary/aromatic N) is 1. The van der Waals surface area contributed by atoms with E-state index in [9.17, 15) is 4.79 Å². The highest BCUT2D eigenvalue weighted by Gasteiger charge is 2.09. The number of aryl methyl sites for hydroxylation is 1. The lowest BCUT2D eigenvalue weighted by atomic mass is 10.0. The molecule has 0 N–H and O–H groups in total. The molecule has 0 aliphatic carbocycles. The standard InChI is InChI=1S/C14H14ClNO2/c1-18-13-5-4-10(8-12(13)15)2-3-11-6-7-16-14(17)9-11/h4-8H,2-3,9H2,1H3. The quantitative estimate of drug-likeness (QED) is 0.837. The van der Waals surface area contributed by atoms with E-state index in [2.05, 4.69) is 4.99 Å². The van der Waals surface area contributed by atoms with E-state index in [1.165, 1.54) is 0 Å². The van der Waals surface area contributed by atoms with Crippen molar-refractivity contribution in [1.29, 1.82) is 0 Å². The highest BCUT2D eigenvalue weighted by atomic mass is 35.5. The molecule has 0 radical (unpaired) electrons. The van der Waals surface area contributed by atoms with Crippen LogP contribution in [0.2, 0.25) is 5.02 Å². The van der Waals surface area contributed by atoms with Crippen LogP contribution in [0.3, 0.4) is 0 Å². The second-order valence-corrected chi connectivity index (χ2v) is 4.55. The van der Waals surface area contributed by atoms with Crippen LogP contribution in [0, 0.1) is 0 Å². The maximum absolute atomic E-state index is 11.1. The van der Waals surface area contributed by atoms with E-state index in [1.807, 2.05) is 24.3 Å². The van der Waals surface area contributed by atoms with Crippen LogP contribution in [-0.4, -0.2) is 19.2 Å². The molecule has 0 saturated heterocycles. The molecule has 1 aliphatic rings. The topological polar surface area (TPSA) is 38.7 Å². The van der Waals surface area contributed by atoms with Gasteiger partial charge in [-0.15, -0.1) is 0 Å². The SMILES string of the molecule is COc1ccc(CCC2=CC=NC(=O)C2)cc1Cl. The lowest BCUT2D eigenvalue weighted by Crippen LogP contribution is -2.03. The van der Waals surface area contributed by atoms with E-state index >= 15 is 0 Å². The van der Waals surface area contributed by atoms with Gasteiger partial charge in [-0.3, -0.25) is 4.79 Å². The zero-order valence-electron chi connectivity index (χ0n) is 10.1. The van der Waals surface area contributed by atoms with E-state index in [0.717, 1.165) is 24.0 Å². The van der Waals surface area contributed by atoms with E-state index in [4.69, 9.17) is 16.3 Å². The third-order valence-corrected chi connectivity index (χ3v) is 3.15. The third kappa shape index (κ3) is 3.20. The molecule has 0 atom stereocenters. The lowest BCUT2D eigenvalue weighted by Gasteiger charge is -2.09. The largest absolute Gasteiger partial charge is 0.495 e. The summed E-state index contributed by atoms with van der Waals surface area (Å²) < 4.78 is 5.10. The summed E-state index contributed by atoms with van der Waals surface area (Å²) in [4.78, 5) is 14.8. The Kier molecular flexibility index (Phi) is 4.15. The van der Waals surface area contributed by atoms with Crippen molar-refractivity contribution in [2.75, 3.05) is 7.11 Å². The van der Waals surface area contributed by atoms with Gasteiger partial charge in [0, 0.05) is 6.21 Å². The van der Waals surface area contributed by atoms with E-state index in [0.29, 0.717) is 17.2 Å². The number of amides is 1. The Hall–Kier alpha value is -1.61. The van der Waals surface area contributed by atoms with Crippen LogP contribution in [0.25, 0.3) is 0 Å². The Balaban J connectivity index is 1.98. The molecule has 1 aliphatic heterocycles. The van der Waals surface area contributed by atoms with Gasteiger partial charge in [0.25, 0.3) is 0 Å². The molecule has 1 amide bonds. The molecule has 0 aromatic heterocycles. The fraction of sp³-hybridized carbons (Fsp3) is 0.286. The van der Waals surface area contributed by atoms with Crippen LogP contribution >= 0.6 is 11.6 Å². The van der Waals surface area contributed by atoms with Gasteiger partial charge in [0.1, 0.15) is 5.75 Å². The minimum Gasteiger partial charge on any atom is -0.495 e. The Labute approximate surface area is 111 Å². The van der Waals surface area contributed by atoms with Crippen LogP contribution in [0.5, 0.6) is 5.75 Å². The number of allylic oxidation sites excluding steroid dienone is 1. The second-order valence-electron chi connectivity index (χ2n) is 4.14. The number of halogens is 1. The fourth-order valence-electron chi connectivity index (χ4n) is 1.87. The predicted octanol–water partition coefficient (Wildman–Crippen LogP) is 3.21. The number of aliphatic imine (C=N–C) groups is 1. The van der Waals surface area contributed by atoms with Gasteiger partial charge in [-0.05, 0) is 36.6 Å². The molecular formula is C14H14ClNO2. The van der Waals surface area contributed by atoms with Crippen LogP contribution < -0.4 is 4.74 Å². The number of hydrogen-bond acceptors (Lipinski definition) is 2. The maximum Gasteiger partial charge on any atom is 0.249 e. The average molecular weight is 264 g/mol. The second kappa shape index (κ2) is 5.83. The molecule has 2 rings (SSSR count). The monoisotopic (exact) mass is 263 g/mol. The predicted molar refractivity (Wildman–Crippen MR) is 72.5 cm³/mol. The highest BCUT2D eigenvalue weighted by molar-refractivity contribution is 6.32. The first kappa shape index (κ1) is 12.8. The first-order valence-corrected chi connectivity index (χ1v) is 6.14. The molecule has 0 spiro atoms. The summed E-state index contributed by atoms with van der Waals surface area (Å²) in [5.74, 6) is 0.611. The van der Waals surface area contributed by atoms with Crippen molar-refractivity contribution in [3.8, 4) is 5.75 Å². The van der Waals surface area contributed by atoms with E-state index in [1.54, 1.807) is 13.3 Å². The zero-order chi connectivity index (χ0) is 13.0. The number of ether oxygens (including phenoxy) is 1. The number of hydrogen-bond donors (Lipinski definition) is 0. The van der Waals surface area contributed by atoms with E-state index in [-0.39, 0.29) is 5.91 Å². The van der Waals surface area contributed by atoms with Gasteiger partial charge >= 0.3 is 0 Å². The molecule has 94 valence electrons. The van der Waals surface area contributed by atoms with Gasteiger partial charge < -0.3 is 4.74 Å². The smallest absolute Gasteiger partial charge is 0.249 e. The summed E-state index contributed by atoms with van der Waals surface area (Å²) in [5, 5.41) is 0.616. The Morgan fingerprint density at radius 1 is 1.39 bits per heavy atom. The van der Waals surface area contributed by atoms with Gasteiger partial charge in [-0.2, -0.15) is 0 Å². The molecule has 1 aromatic carbocycles. The molecule has 0 unspecified atom stereocenters. The summed E-state index contributed by atoms with van der Waals surface area (Å²) in [6.45, 7) is 0. The number of carbonyl (C=O) groups is 1. The molecule has 4 heteroatoms. The van der Waals surface area contributed by atoms with Crippen LogP contribution in [-0.2, 0) is 11.2 Å². The highest BCUT2D eigenvalue weighted by Crippen LogP contribution is 2.26. The molecule has 1 aromatic rings. The number of benzene rings is 1. The Morgan fingerprint density at radius 2 is 2.22 bits per heavy atom. The van der Waals surface area contributed by atoms with Crippen molar-refractivity contribution >= 4 is 23.7 Å². The Bertz CT molecular complexity index is 521. The molecule has 0 saturated carbocycles. The normalized spacial score (nSPS) is 14.6. The van der Waals surface area contributed by atoms with Gasteiger partial charge in [-0.25, -0.2) is 4.99 Å². The van der Waals surface area contributed by atoms with E-state index < -0.39 is 0 Å². The molecule has 0 bridgehead atoms. The van der Waals surface area contributed by atoms with Gasteiger partial charge in [0.15, 0.2) is 0 Å². The first-order chi connectivity index (χ1) is 8.69. The van der Waals surface area contributed by atoms with Crippen LogP contribution in [0.15, 0.2) is 34.8 Å². The molecule has 3 nitrogen and oxygen atoms in total. The summed E-state index contributed by atoms with van der Waals surface area (Å²) in [6.07, 6.45) is 5.62. The third-order valence-electron chi connectivity index (χ3n) is 2.86. The minimum absolute atomic E-state index is 0.0692. The molecule has 0 fully saturated rings. The zero-order valence-corrected chi connectivity index (χ0v) is 10.9. The summed E-state index contributed by atoms with van der Waals surface area (Å²) in [6, 6.07) is 5.75. The van der Waals surface area contributed by atoms with Crippen molar-refractivity contribution < 1.29 is 9.53 Å². The summed E-state index contributed by atoms with van der Waals surface area (Å²) in [5.41, 5.74) is 2.25. The number of methoxy groups -OCH3 is 1. The number of carbonyl (C=O) groups excluding carboxylic acids is 1. The van der Waals surface area contributed by atoms with Gasteiger partial charge in [0.2, 0.25) is 5.91 Å². The molecule has 1 heterocycles. The van der Waals surface area contributed by atoms with Crippen molar-refractivity contribution in [2.24, 2.45) is 4.99 Å². The van der Waals surface area contributed by atoms with Gasteiger partial charge in [-0.1, -0.05) is 23.2 Å². The first-order valence-electron chi connectivity index (χ1n) is 5.76. The number of rotatable bonds is 4. The summed E-state index contributed by atoms with van der Waals surface area (Å²) >= 11 is 6.06. The lowest BCUT2D eigenvalue weighted by molar-refractivity contribution is -0.117.